The molecule has 0 saturated carbocycles. The average molecular weight is 511 g/mol. The number of ether oxygens (including phenoxy) is 1. The molecule has 2 heterocycles. The van der Waals surface area contributed by atoms with Gasteiger partial charge in [0, 0.05) is 33.4 Å². The third-order valence-corrected chi connectivity index (χ3v) is 7.96. The summed E-state index contributed by atoms with van der Waals surface area (Å²) < 4.78 is 8.92. The van der Waals surface area contributed by atoms with Crippen molar-refractivity contribution < 1.29 is 14.9 Å². The molecule has 3 N–H and O–H groups in total. The van der Waals surface area contributed by atoms with Gasteiger partial charge in [0.05, 0.1) is 16.4 Å². The predicted octanol–water partition coefficient (Wildman–Crippen LogP) is 3.89. The summed E-state index contributed by atoms with van der Waals surface area (Å²) in [6.07, 6.45) is 2.23. The van der Waals surface area contributed by atoms with E-state index in [0.717, 1.165) is 18.9 Å². The van der Waals surface area contributed by atoms with E-state index >= 15 is 0 Å². The van der Waals surface area contributed by atoms with Gasteiger partial charge in [0.2, 0.25) is 0 Å². The van der Waals surface area contributed by atoms with E-state index in [4.69, 9.17) is 9.84 Å². The molecule has 0 fully saturated rings. The Morgan fingerprint density at radius 3 is 2.56 bits per heavy atom. The fourth-order valence-corrected chi connectivity index (χ4v) is 4.94. The Kier molecular flexibility index (Phi) is 7.77. The van der Waals surface area contributed by atoms with E-state index in [0.29, 0.717) is 47.1 Å². The fraction of sp³-hybridized carbons (Fsp3) is 0.423. The first-order chi connectivity index (χ1) is 17.2. The lowest BCUT2D eigenvalue weighted by Crippen LogP contribution is -2.27. The molecule has 192 valence electrons. The summed E-state index contributed by atoms with van der Waals surface area (Å²) in [7, 11) is -1.30. The van der Waals surface area contributed by atoms with Gasteiger partial charge in [-0.05, 0) is 43.5 Å². The van der Waals surface area contributed by atoms with Crippen molar-refractivity contribution in [1.82, 2.24) is 19.3 Å². The van der Waals surface area contributed by atoms with Gasteiger partial charge in [-0.15, -0.1) is 0 Å². The summed E-state index contributed by atoms with van der Waals surface area (Å²) >= 11 is 0. The van der Waals surface area contributed by atoms with Crippen LogP contribution in [0, 0.1) is 0 Å². The fourth-order valence-electron chi connectivity index (χ4n) is 4.18. The Labute approximate surface area is 210 Å². The van der Waals surface area contributed by atoms with E-state index < -0.39 is 8.07 Å². The van der Waals surface area contributed by atoms with Crippen molar-refractivity contribution >= 4 is 30.0 Å². The van der Waals surface area contributed by atoms with Gasteiger partial charge < -0.3 is 14.9 Å². The second-order valence-electron chi connectivity index (χ2n) is 10.3. The number of benzene rings is 2. The van der Waals surface area contributed by atoms with E-state index in [1.54, 1.807) is 30.3 Å². The Morgan fingerprint density at radius 1 is 1.03 bits per heavy atom. The minimum Gasteiger partial charge on any atom is -0.506 e. The third kappa shape index (κ3) is 5.45. The molecule has 10 heteroatoms. The largest absolute Gasteiger partial charge is 0.506 e. The van der Waals surface area contributed by atoms with Gasteiger partial charge in [-0.1, -0.05) is 37.8 Å². The molecule has 0 amide bonds. The van der Waals surface area contributed by atoms with E-state index in [-0.39, 0.29) is 35.9 Å². The van der Waals surface area contributed by atoms with Crippen LogP contribution in [0.2, 0.25) is 25.7 Å². The maximum Gasteiger partial charge on any atom is 0.279 e. The summed E-state index contributed by atoms with van der Waals surface area (Å²) in [4.78, 5) is 31.2. The Morgan fingerprint density at radius 2 is 1.81 bits per heavy atom. The van der Waals surface area contributed by atoms with Gasteiger partial charge in [0.15, 0.2) is 0 Å². The molecule has 0 bridgehead atoms. The predicted molar refractivity (Wildman–Crippen MR) is 144 cm³/mol. The van der Waals surface area contributed by atoms with Gasteiger partial charge >= 0.3 is 0 Å². The number of fused-ring (bicyclic) bond motifs is 2. The number of hydrogen-bond donors (Lipinski definition) is 3. The molecule has 0 saturated heterocycles. The average Bonchev–Trinajstić information content (AvgIpc) is 3.16. The van der Waals surface area contributed by atoms with Gasteiger partial charge in [-0.2, -0.15) is 0 Å². The number of phenolic OH excluding ortho intramolecular Hbond substituents is 1. The Bertz CT molecular complexity index is 1480. The zero-order valence-corrected chi connectivity index (χ0v) is 22.1. The monoisotopic (exact) mass is 510 g/mol. The first-order valence-corrected chi connectivity index (χ1v) is 16.0. The number of rotatable bonds is 11. The van der Waals surface area contributed by atoms with Gasteiger partial charge in [0.25, 0.3) is 11.1 Å². The van der Waals surface area contributed by atoms with Crippen LogP contribution in [0.25, 0.3) is 33.2 Å². The molecule has 0 aliphatic rings. The van der Waals surface area contributed by atoms with E-state index in [1.807, 2.05) is 0 Å². The normalized spacial score (nSPS) is 12.1. The lowest BCUT2D eigenvalue weighted by molar-refractivity contribution is 0.0878. The quantitative estimate of drug-likeness (QED) is 0.208. The highest BCUT2D eigenvalue weighted by Gasteiger charge is 2.20. The number of hydrogen-bond acceptors (Lipinski definition) is 6. The SMILES string of the molecule is C[Si](C)(C)CCOCn1c(=O)c(-c2cccc3c(=O)n(CCCCCO)[nH]c23)nc2c(O)cccc21. The first kappa shape index (κ1) is 25.9. The van der Waals surface area contributed by atoms with Gasteiger partial charge in [-0.3, -0.25) is 23.9 Å². The van der Waals surface area contributed by atoms with Gasteiger partial charge in [0.1, 0.15) is 23.7 Å². The number of aromatic hydroxyl groups is 1. The lowest BCUT2D eigenvalue weighted by Gasteiger charge is -2.17. The number of aliphatic hydroxyl groups excluding tert-OH is 1. The number of nitrogens with one attached hydrogen (secondary N) is 1. The Balaban J connectivity index is 1.79. The van der Waals surface area contributed by atoms with Crippen LogP contribution in [0.4, 0.5) is 0 Å². The summed E-state index contributed by atoms with van der Waals surface area (Å²) in [6.45, 7) is 7.98. The van der Waals surface area contributed by atoms with Crippen molar-refractivity contribution in [2.24, 2.45) is 0 Å². The van der Waals surface area contributed by atoms with Crippen LogP contribution in [0.15, 0.2) is 46.0 Å². The highest BCUT2D eigenvalue weighted by atomic mass is 28.3. The third-order valence-electron chi connectivity index (χ3n) is 6.25. The highest BCUT2D eigenvalue weighted by Crippen LogP contribution is 2.27. The maximum atomic E-state index is 13.7. The summed E-state index contributed by atoms with van der Waals surface area (Å²) in [5.74, 6) is -0.0354. The van der Waals surface area contributed by atoms with E-state index in [9.17, 15) is 14.7 Å². The Hall–Kier alpha value is -3.21. The molecular weight excluding hydrogens is 476 g/mol. The molecule has 0 spiro atoms. The molecular formula is C26H34N4O5Si. The molecule has 0 radical (unpaired) electrons. The second-order valence-corrected chi connectivity index (χ2v) is 15.9. The lowest BCUT2D eigenvalue weighted by atomic mass is 10.1. The smallest absolute Gasteiger partial charge is 0.279 e. The second kappa shape index (κ2) is 10.8. The van der Waals surface area contributed by atoms with Crippen molar-refractivity contribution in [2.75, 3.05) is 13.2 Å². The molecule has 36 heavy (non-hydrogen) atoms. The number of aromatic nitrogens is 4. The molecule has 2 aromatic heterocycles. The summed E-state index contributed by atoms with van der Waals surface area (Å²) in [5, 5.41) is 23.2. The number of aliphatic hydroxyl groups is 1. The van der Waals surface area contributed by atoms with Crippen LogP contribution in [-0.4, -0.2) is 50.8 Å². The van der Waals surface area contributed by atoms with Crippen LogP contribution in [0.1, 0.15) is 19.3 Å². The van der Waals surface area contributed by atoms with Crippen molar-refractivity contribution in [3.8, 4) is 17.0 Å². The van der Waals surface area contributed by atoms with Crippen molar-refractivity contribution in [2.45, 2.75) is 58.2 Å². The number of aromatic amines is 1. The van der Waals surface area contributed by atoms with Crippen LogP contribution < -0.4 is 11.1 Å². The number of H-pyrrole nitrogens is 1. The molecule has 0 aliphatic carbocycles. The molecule has 4 rings (SSSR count). The van der Waals surface area contributed by atoms with Crippen LogP contribution >= 0.6 is 0 Å². The van der Waals surface area contributed by atoms with E-state index in [1.165, 1.54) is 15.3 Å². The van der Waals surface area contributed by atoms with E-state index in [2.05, 4.69) is 29.7 Å². The van der Waals surface area contributed by atoms with Crippen molar-refractivity contribution in [3.05, 3.63) is 57.1 Å². The highest BCUT2D eigenvalue weighted by molar-refractivity contribution is 6.76. The topological polar surface area (TPSA) is 122 Å². The number of unbranched alkanes of at least 4 members (excludes halogenated alkanes) is 2. The minimum atomic E-state index is -1.30. The zero-order chi connectivity index (χ0) is 25.9. The van der Waals surface area contributed by atoms with Crippen molar-refractivity contribution in [3.63, 3.8) is 0 Å². The number of phenols is 1. The molecule has 9 nitrogen and oxygen atoms in total. The summed E-state index contributed by atoms with van der Waals surface area (Å²) in [6, 6.07) is 11.1. The number of nitrogens with zero attached hydrogens (tertiary/aromatic N) is 3. The number of para-hydroxylation sites is 2. The molecule has 0 unspecified atom stereocenters. The molecule has 2 aromatic carbocycles. The maximum absolute atomic E-state index is 13.7. The number of aryl methyl sites for hydroxylation is 1. The standard InChI is InChI=1S/C26H34N4O5Si/c1-36(2,3)16-15-35-17-29-20-11-8-12-21(32)24(20)27-23(26(29)34)18-9-7-10-19-22(18)28-30(25(19)33)13-5-4-6-14-31/h7-12,28,31-32H,4-6,13-17H2,1-3H3. The van der Waals surface area contributed by atoms with Crippen LogP contribution in [0.3, 0.4) is 0 Å². The zero-order valence-electron chi connectivity index (χ0n) is 21.1. The first-order valence-electron chi connectivity index (χ1n) is 12.3. The molecule has 0 atom stereocenters. The van der Waals surface area contributed by atoms with Crippen LogP contribution in [-0.2, 0) is 18.0 Å². The van der Waals surface area contributed by atoms with Crippen molar-refractivity contribution in [1.29, 1.82) is 0 Å². The molecule has 0 aliphatic heterocycles. The minimum absolute atomic E-state index is 0.0354. The van der Waals surface area contributed by atoms with Gasteiger partial charge in [-0.25, -0.2) is 4.98 Å². The summed E-state index contributed by atoms with van der Waals surface area (Å²) in [5.41, 5.74) is 1.40. The van der Waals surface area contributed by atoms with Crippen LogP contribution in [0.5, 0.6) is 5.75 Å². The molecule has 4 aromatic rings.